The van der Waals surface area contributed by atoms with Crippen LogP contribution in [0.4, 0.5) is 0 Å². The van der Waals surface area contributed by atoms with Crippen LogP contribution in [0.3, 0.4) is 0 Å². The third-order valence-corrected chi connectivity index (χ3v) is 5.48. The minimum atomic E-state index is -3.65. The number of benzene rings is 2. The van der Waals surface area contributed by atoms with Crippen molar-refractivity contribution in [1.29, 1.82) is 0 Å². The van der Waals surface area contributed by atoms with E-state index >= 15 is 0 Å². The number of hydrogen-bond donors (Lipinski definition) is 1. The van der Waals surface area contributed by atoms with E-state index in [1.54, 1.807) is 31.4 Å². The van der Waals surface area contributed by atoms with Crippen LogP contribution in [0.5, 0.6) is 11.5 Å². The topological polar surface area (TPSA) is 94.2 Å². The zero-order valence-electron chi connectivity index (χ0n) is 14.7. The fourth-order valence-electron chi connectivity index (χ4n) is 2.53. The summed E-state index contributed by atoms with van der Waals surface area (Å²) in [6.07, 6.45) is 0. The van der Waals surface area contributed by atoms with Crippen molar-refractivity contribution in [1.82, 2.24) is 15.2 Å². The number of nitrogens with one attached hydrogen (secondary N) is 1. The molecular weight excluding hydrogens is 354 g/mol. The van der Waals surface area contributed by atoms with Gasteiger partial charge in [0.2, 0.25) is 15.0 Å². The molecule has 0 aliphatic heterocycles. The van der Waals surface area contributed by atoms with Crippen molar-refractivity contribution in [3.05, 3.63) is 53.6 Å². The van der Waals surface area contributed by atoms with E-state index in [1.807, 2.05) is 25.1 Å². The van der Waals surface area contributed by atoms with Crippen LogP contribution >= 0.6 is 0 Å². The summed E-state index contributed by atoms with van der Waals surface area (Å²) < 4.78 is 35.8. The Morgan fingerprint density at radius 2 is 1.85 bits per heavy atom. The van der Waals surface area contributed by atoms with Crippen LogP contribution in [0.1, 0.15) is 11.1 Å². The Bertz CT molecular complexity index is 1030. The number of methoxy groups -OCH3 is 2. The molecule has 0 spiro atoms. The van der Waals surface area contributed by atoms with Gasteiger partial charge in [0, 0.05) is 6.07 Å². The zero-order chi connectivity index (χ0) is 18.7. The number of aryl methyl sites for hydroxylation is 1. The quantitative estimate of drug-likeness (QED) is 0.714. The first-order chi connectivity index (χ1) is 12.4. The molecule has 0 fully saturated rings. The summed E-state index contributed by atoms with van der Waals surface area (Å²) in [5.74, 6) is 1.21. The van der Waals surface area contributed by atoms with Crippen molar-refractivity contribution >= 4 is 9.84 Å². The Labute approximate surface area is 151 Å². The molecule has 136 valence electrons. The van der Waals surface area contributed by atoms with E-state index in [4.69, 9.17) is 9.47 Å². The summed E-state index contributed by atoms with van der Waals surface area (Å²) in [6, 6.07) is 12.5. The number of aromatic amines is 1. The van der Waals surface area contributed by atoms with Gasteiger partial charge in [0.05, 0.1) is 25.5 Å². The number of ether oxygens (including phenoxy) is 2. The largest absolute Gasteiger partial charge is 0.497 e. The summed E-state index contributed by atoms with van der Waals surface area (Å²) in [5.41, 5.74) is 2.21. The van der Waals surface area contributed by atoms with Gasteiger partial charge in [-0.2, -0.15) is 10.1 Å². The molecule has 0 radical (unpaired) electrons. The van der Waals surface area contributed by atoms with Gasteiger partial charge in [-0.05, 0) is 30.2 Å². The van der Waals surface area contributed by atoms with Crippen molar-refractivity contribution < 1.29 is 17.9 Å². The molecule has 0 atom stereocenters. The van der Waals surface area contributed by atoms with Crippen molar-refractivity contribution in [2.45, 2.75) is 17.8 Å². The molecule has 7 nitrogen and oxygen atoms in total. The standard InChI is InChI=1S/C18H19N3O4S/c1-12-6-4-5-7-13(12)11-26(22,23)18-19-17(20-21-18)15-9-8-14(24-2)10-16(15)25-3/h4-10H,11H2,1-3H3,(H,19,20,21). The van der Waals surface area contributed by atoms with Crippen molar-refractivity contribution in [3.8, 4) is 22.9 Å². The smallest absolute Gasteiger partial charge is 0.243 e. The Kier molecular flexibility index (Phi) is 4.94. The lowest BCUT2D eigenvalue weighted by Gasteiger charge is -2.07. The number of hydrogen-bond acceptors (Lipinski definition) is 6. The Hall–Kier alpha value is -2.87. The molecular formula is C18H19N3O4S. The van der Waals surface area contributed by atoms with E-state index in [0.717, 1.165) is 11.1 Å². The van der Waals surface area contributed by atoms with E-state index in [9.17, 15) is 8.42 Å². The van der Waals surface area contributed by atoms with Crippen LogP contribution in [0.25, 0.3) is 11.4 Å². The van der Waals surface area contributed by atoms with Crippen LogP contribution in [-0.4, -0.2) is 37.8 Å². The van der Waals surface area contributed by atoms with Crippen LogP contribution < -0.4 is 9.47 Å². The number of H-pyrrole nitrogens is 1. The van der Waals surface area contributed by atoms with Gasteiger partial charge < -0.3 is 9.47 Å². The second kappa shape index (κ2) is 7.17. The van der Waals surface area contributed by atoms with Crippen LogP contribution in [-0.2, 0) is 15.6 Å². The fraction of sp³-hybridized carbons (Fsp3) is 0.222. The molecule has 3 aromatic rings. The SMILES string of the molecule is COc1ccc(-c2n[nH]c(S(=O)(=O)Cc3ccccc3C)n2)c(OC)c1. The molecule has 26 heavy (non-hydrogen) atoms. The summed E-state index contributed by atoms with van der Waals surface area (Å²) in [7, 11) is -0.582. The number of nitrogens with zero attached hydrogens (tertiary/aromatic N) is 2. The van der Waals surface area contributed by atoms with Crippen molar-refractivity contribution in [3.63, 3.8) is 0 Å². The summed E-state index contributed by atoms with van der Waals surface area (Å²) in [6.45, 7) is 1.87. The molecule has 1 heterocycles. The van der Waals surface area contributed by atoms with Crippen molar-refractivity contribution in [2.24, 2.45) is 0 Å². The monoisotopic (exact) mass is 373 g/mol. The Morgan fingerprint density at radius 3 is 2.54 bits per heavy atom. The van der Waals surface area contributed by atoms with Gasteiger partial charge in [-0.15, -0.1) is 0 Å². The normalized spacial score (nSPS) is 11.3. The lowest BCUT2D eigenvalue weighted by Crippen LogP contribution is -2.08. The Morgan fingerprint density at radius 1 is 1.08 bits per heavy atom. The molecule has 2 aromatic carbocycles. The summed E-state index contributed by atoms with van der Waals surface area (Å²) in [4.78, 5) is 4.17. The van der Waals surface area contributed by atoms with Gasteiger partial charge in [-0.25, -0.2) is 13.5 Å². The zero-order valence-corrected chi connectivity index (χ0v) is 15.5. The number of sulfone groups is 1. The van der Waals surface area contributed by atoms with Crippen LogP contribution in [0.2, 0.25) is 0 Å². The van der Waals surface area contributed by atoms with Gasteiger partial charge in [0.15, 0.2) is 5.82 Å². The van der Waals surface area contributed by atoms with Gasteiger partial charge in [0.1, 0.15) is 11.5 Å². The maximum absolute atomic E-state index is 12.7. The maximum Gasteiger partial charge on any atom is 0.243 e. The third-order valence-electron chi connectivity index (χ3n) is 4.02. The molecule has 1 aromatic heterocycles. The highest BCUT2D eigenvalue weighted by atomic mass is 32.2. The highest BCUT2D eigenvalue weighted by molar-refractivity contribution is 7.90. The Balaban J connectivity index is 1.94. The van der Waals surface area contributed by atoms with Crippen molar-refractivity contribution in [2.75, 3.05) is 14.2 Å². The van der Waals surface area contributed by atoms with Gasteiger partial charge in [0.25, 0.3) is 0 Å². The number of aromatic nitrogens is 3. The molecule has 3 rings (SSSR count). The average molecular weight is 373 g/mol. The molecule has 0 saturated carbocycles. The first kappa shape index (κ1) is 17.9. The minimum absolute atomic E-state index is 0.145. The predicted molar refractivity (Wildman–Crippen MR) is 97.0 cm³/mol. The molecule has 0 amide bonds. The molecule has 0 unspecified atom stereocenters. The van der Waals surface area contributed by atoms with E-state index in [2.05, 4.69) is 15.2 Å². The van der Waals surface area contributed by atoms with Crippen LogP contribution in [0.15, 0.2) is 47.6 Å². The second-order valence-corrected chi connectivity index (χ2v) is 7.62. The highest BCUT2D eigenvalue weighted by Crippen LogP contribution is 2.31. The van der Waals surface area contributed by atoms with Crippen LogP contribution in [0, 0.1) is 6.92 Å². The molecule has 8 heteroatoms. The molecule has 0 aliphatic rings. The minimum Gasteiger partial charge on any atom is -0.497 e. The average Bonchev–Trinajstić information content (AvgIpc) is 3.14. The lowest BCUT2D eigenvalue weighted by atomic mass is 10.1. The maximum atomic E-state index is 12.7. The first-order valence-electron chi connectivity index (χ1n) is 7.86. The second-order valence-electron chi connectivity index (χ2n) is 5.72. The molecule has 0 bridgehead atoms. The summed E-state index contributed by atoms with van der Waals surface area (Å²) in [5, 5.41) is 6.40. The van der Waals surface area contributed by atoms with E-state index in [0.29, 0.717) is 17.1 Å². The van der Waals surface area contributed by atoms with Gasteiger partial charge in [-0.1, -0.05) is 24.3 Å². The van der Waals surface area contributed by atoms with E-state index < -0.39 is 9.84 Å². The highest BCUT2D eigenvalue weighted by Gasteiger charge is 2.22. The lowest BCUT2D eigenvalue weighted by molar-refractivity contribution is 0.395. The fourth-order valence-corrected chi connectivity index (χ4v) is 3.82. The van der Waals surface area contributed by atoms with E-state index in [-0.39, 0.29) is 16.7 Å². The summed E-state index contributed by atoms with van der Waals surface area (Å²) >= 11 is 0. The third kappa shape index (κ3) is 3.55. The number of rotatable bonds is 6. The first-order valence-corrected chi connectivity index (χ1v) is 9.52. The van der Waals surface area contributed by atoms with Gasteiger partial charge in [-0.3, -0.25) is 0 Å². The predicted octanol–water partition coefficient (Wildman–Crippen LogP) is 2.77. The van der Waals surface area contributed by atoms with E-state index in [1.165, 1.54) is 7.11 Å². The van der Waals surface area contributed by atoms with Gasteiger partial charge >= 0.3 is 0 Å². The molecule has 1 N–H and O–H groups in total. The molecule has 0 aliphatic carbocycles. The molecule has 0 saturated heterocycles.